The zero-order chi connectivity index (χ0) is 11.4. The maximum Gasteiger partial charge on any atom is 0.234 e. The lowest BCUT2D eigenvalue weighted by atomic mass is 10.1. The molecule has 1 aromatic rings. The first-order valence-electron chi connectivity index (χ1n) is 4.81. The number of halogens is 1. The summed E-state index contributed by atoms with van der Waals surface area (Å²) in [6.07, 6.45) is 0. The Kier molecular flexibility index (Phi) is 3.80. The molecule has 0 saturated carbocycles. The highest BCUT2D eigenvalue weighted by atomic mass is 19.1. The number of nitrogens with two attached hydrogens (primary N) is 1. The molecule has 1 aromatic carbocycles. The van der Waals surface area contributed by atoms with Gasteiger partial charge in [0, 0.05) is 6.04 Å². The zero-order valence-electron chi connectivity index (χ0n) is 8.83. The van der Waals surface area contributed by atoms with Crippen LogP contribution in [0.15, 0.2) is 24.3 Å². The smallest absolute Gasteiger partial charge is 0.234 e. The molecule has 0 bridgehead atoms. The van der Waals surface area contributed by atoms with Crippen LogP contribution in [0.3, 0.4) is 0 Å². The Labute approximate surface area is 88.5 Å². The van der Waals surface area contributed by atoms with Crippen molar-refractivity contribution in [3.63, 3.8) is 0 Å². The lowest BCUT2D eigenvalue weighted by Crippen LogP contribution is -2.40. The van der Waals surface area contributed by atoms with Crippen molar-refractivity contribution < 1.29 is 9.18 Å². The molecule has 3 N–H and O–H groups in total. The zero-order valence-corrected chi connectivity index (χ0v) is 8.83. The maximum absolute atomic E-state index is 12.9. The van der Waals surface area contributed by atoms with Crippen LogP contribution in [0.5, 0.6) is 0 Å². The summed E-state index contributed by atoms with van der Waals surface area (Å²) in [5, 5.41) is 2.98. The normalized spacial score (nSPS) is 14.6. The Morgan fingerprint density at radius 3 is 2.67 bits per heavy atom. The SMILES string of the molecule is C[C@H](N[C@H](C)C(N)=O)c1cccc(F)c1. The Morgan fingerprint density at radius 1 is 1.47 bits per heavy atom. The second-order valence-electron chi connectivity index (χ2n) is 3.57. The topological polar surface area (TPSA) is 55.1 Å². The van der Waals surface area contributed by atoms with Gasteiger partial charge >= 0.3 is 0 Å². The van der Waals surface area contributed by atoms with Gasteiger partial charge in [0.25, 0.3) is 0 Å². The van der Waals surface area contributed by atoms with Crippen LogP contribution in [0.4, 0.5) is 4.39 Å². The van der Waals surface area contributed by atoms with Crippen molar-refractivity contribution in [2.45, 2.75) is 25.9 Å². The van der Waals surface area contributed by atoms with Crippen molar-refractivity contribution in [2.24, 2.45) is 5.73 Å². The number of carbonyl (C=O) groups excluding carboxylic acids is 1. The second-order valence-corrected chi connectivity index (χ2v) is 3.57. The third-order valence-corrected chi connectivity index (χ3v) is 2.28. The second kappa shape index (κ2) is 4.89. The van der Waals surface area contributed by atoms with Gasteiger partial charge in [0.15, 0.2) is 0 Å². The highest BCUT2D eigenvalue weighted by Gasteiger charge is 2.13. The molecule has 15 heavy (non-hydrogen) atoms. The van der Waals surface area contributed by atoms with Gasteiger partial charge < -0.3 is 5.73 Å². The third-order valence-electron chi connectivity index (χ3n) is 2.28. The van der Waals surface area contributed by atoms with Crippen molar-refractivity contribution in [3.8, 4) is 0 Å². The van der Waals surface area contributed by atoms with Gasteiger partial charge in [-0.15, -0.1) is 0 Å². The molecule has 1 rings (SSSR count). The van der Waals surface area contributed by atoms with Gasteiger partial charge in [0.1, 0.15) is 5.82 Å². The molecule has 0 saturated heterocycles. The van der Waals surface area contributed by atoms with Gasteiger partial charge in [0.2, 0.25) is 5.91 Å². The standard InChI is InChI=1S/C11H15FN2O/c1-7(14-8(2)11(13)15)9-4-3-5-10(12)6-9/h3-8,14H,1-2H3,(H2,13,15)/t7-,8+/m0/s1. The molecule has 0 unspecified atom stereocenters. The average Bonchev–Trinajstić information content (AvgIpc) is 2.17. The first-order valence-corrected chi connectivity index (χ1v) is 4.81. The first kappa shape index (κ1) is 11.7. The minimum atomic E-state index is -0.428. The summed E-state index contributed by atoms with van der Waals surface area (Å²) in [6.45, 7) is 3.53. The summed E-state index contributed by atoms with van der Waals surface area (Å²) in [5.74, 6) is -0.703. The van der Waals surface area contributed by atoms with E-state index in [4.69, 9.17) is 5.73 Å². The van der Waals surface area contributed by atoms with Gasteiger partial charge in [-0.1, -0.05) is 12.1 Å². The van der Waals surface area contributed by atoms with E-state index in [0.717, 1.165) is 5.56 Å². The average molecular weight is 210 g/mol. The predicted molar refractivity (Wildman–Crippen MR) is 56.6 cm³/mol. The lowest BCUT2D eigenvalue weighted by Gasteiger charge is -2.17. The molecule has 82 valence electrons. The number of benzene rings is 1. The fourth-order valence-corrected chi connectivity index (χ4v) is 1.33. The molecule has 0 fully saturated rings. The Morgan fingerprint density at radius 2 is 2.13 bits per heavy atom. The van der Waals surface area contributed by atoms with E-state index in [-0.39, 0.29) is 11.9 Å². The van der Waals surface area contributed by atoms with E-state index in [9.17, 15) is 9.18 Å². The highest BCUT2D eigenvalue weighted by Crippen LogP contribution is 2.13. The van der Waals surface area contributed by atoms with Crippen LogP contribution in [-0.4, -0.2) is 11.9 Å². The van der Waals surface area contributed by atoms with Crippen molar-refractivity contribution in [1.82, 2.24) is 5.32 Å². The minimum Gasteiger partial charge on any atom is -0.368 e. The van der Waals surface area contributed by atoms with E-state index in [1.165, 1.54) is 12.1 Å². The molecule has 2 atom stereocenters. The number of hydrogen-bond acceptors (Lipinski definition) is 2. The molecule has 0 spiro atoms. The summed E-state index contributed by atoms with van der Waals surface area (Å²) in [6, 6.07) is 5.72. The molecule has 0 heterocycles. The van der Waals surface area contributed by atoms with Crippen LogP contribution >= 0.6 is 0 Å². The number of carbonyl (C=O) groups is 1. The monoisotopic (exact) mass is 210 g/mol. The van der Waals surface area contributed by atoms with Crippen LogP contribution < -0.4 is 11.1 Å². The van der Waals surface area contributed by atoms with Gasteiger partial charge in [-0.3, -0.25) is 10.1 Å². The van der Waals surface area contributed by atoms with E-state index in [1.807, 2.05) is 6.92 Å². The summed E-state index contributed by atoms with van der Waals surface area (Å²) >= 11 is 0. The molecular weight excluding hydrogens is 195 g/mol. The van der Waals surface area contributed by atoms with Gasteiger partial charge in [0.05, 0.1) is 6.04 Å². The molecule has 0 radical (unpaired) electrons. The summed E-state index contributed by atoms with van der Waals surface area (Å²) < 4.78 is 12.9. The molecule has 0 aliphatic carbocycles. The fourth-order valence-electron chi connectivity index (χ4n) is 1.33. The van der Waals surface area contributed by atoms with Crippen LogP contribution in [0.25, 0.3) is 0 Å². The van der Waals surface area contributed by atoms with E-state index >= 15 is 0 Å². The van der Waals surface area contributed by atoms with E-state index in [0.29, 0.717) is 0 Å². The molecule has 0 aliphatic heterocycles. The summed E-state index contributed by atoms with van der Waals surface area (Å²) in [5.41, 5.74) is 5.91. The van der Waals surface area contributed by atoms with Crippen LogP contribution in [0, 0.1) is 5.82 Å². The molecular formula is C11H15FN2O. The van der Waals surface area contributed by atoms with Gasteiger partial charge in [-0.25, -0.2) is 4.39 Å². The van der Waals surface area contributed by atoms with Crippen LogP contribution in [0.2, 0.25) is 0 Å². The summed E-state index contributed by atoms with van der Waals surface area (Å²) in [7, 11) is 0. The van der Waals surface area contributed by atoms with E-state index < -0.39 is 11.9 Å². The first-order chi connectivity index (χ1) is 7.00. The van der Waals surface area contributed by atoms with Gasteiger partial charge in [-0.2, -0.15) is 0 Å². The summed E-state index contributed by atoms with van der Waals surface area (Å²) in [4.78, 5) is 10.8. The highest BCUT2D eigenvalue weighted by molar-refractivity contribution is 5.79. The molecule has 1 amide bonds. The van der Waals surface area contributed by atoms with E-state index in [1.54, 1.807) is 19.1 Å². The lowest BCUT2D eigenvalue weighted by molar-refractivity contribution is -0.119. The largest absolute Gasteiger partial charge is 0.368 e. The van der Waals surface area contributed by atoms with Crippen molar-refractivity contribution in [2.75, 3.05) is 0 Å². The fraction of sp³-hybridized carbons (Fsp3) is 0.364. The van der Waals surface area contributed by atoms with Crippen LogP contribution in [0.1, 0.15) is 25.5 Å². The Bertz CT molecular complexity index is 354. The Hall–Kier alpha value is -1.42. The minimum absolute atomic E-state index is 0.108. The predicted octanol–water partition coefficient (Wildman–Crippen LogP) is 1.35. The van der Waals surface area contributed by atoms with Crippen molar-refractivity contribution in [1.29, 1.82) is 0 Å². The molecule has 3 nitrogen and oxygen atoms in total. The number of rotatable bonds is 4. The Balaban J connectivity index is 2.68. The van der Waals surface area contributed by atoms with Crippen molar-refractivity contribution in [3.05, 3.63) is 35.6 Å². The number of amides is 1. The number of primary amides is 1. The number of hydrogen-bond donors (Lipinski definition) is 2. The van der Waals surface area contributed by atoms with E-state index in [2.05, 4.69) is 5.32 Å². The molecule has 0 aliphatic rings. The van der Waals surface area contributed by atoms with Gasteiger partial charge in [-0.05, 0) is 31.5 Å². The number of nitrogens with one attached hydrogen (secondary N) is 1. The van der Waals surface area contributed by atoms with Crippen molar-refractivity contribution >= 4 is 5.91 Å². The quantitative estimate of drug-likeness (QED) is 0.788. The molecule has 0 aromatic heterocycles. The maximum atomic E-state index is 12.9. The van der Waals surface area contributed by atoms with Crippen LogP contribution in [-0.2, 0) is 4.79 Å². The molecule has 4 heteroatoms. The third kappa shape index (κ3) is 3.32.